The summed E-state index contributed by atoms with van der Waals surface area (Å²) in [6, 6.07) is 7.89. The second kappa shape index (κ2) is 9.98. The van der Waals surface area contributed by atoms with E-state index in [4.69, 9.17) is 4.42 Å². The summed E-state index contributed by atoms with van der Waals surface area (Å²) in [5.41, 5.74) is -0.0587. The molecule has 0 aliphatic carbocycles. The Morgan fingerprint density at radius 3 is 2.39 bits per heavy atom. The monoisotopic (exact) mass is 452 g/mol. The molecule has 1 aromatic carbocycles. The third-order valence-corrected chi connectivity index (χ3v) is 4.69. The van der Waals surface area contributed by atoms with Crippen LogP contribution in [0.4, 0.5) is 5.69 Å². The molecule has 0 spiro atoms. The molecule has 3 aromatic rings. The lowest BCUT2D eigenvalue weighted by molar-refractivity contribution is -0.122. The van der Waals surface area contributed by atoms with Crippen molar-refractivity contribution in [1.29, 1.82) is 0 Å². The van der Waals surface area contributed by atoms with Gasteiger partial charge in [-0.3, -0.25) is 23.7 Å². The minimum atomic E-state index is -0.945. The Bertz CT molecular complexity index is 1230. The van der Waals surface area contributed by atoms with Gasteiger partial charge in [0.15, 0.2) is 0 Å². The molecule has 0 aliphatic heterocycles. The predicted molar refractivity (Wildman–Crippen MR) is 118 cm³/mol. The van der Waals surface area contributed by atoms with Crippen molar-refractivity contribution in [3.05, 3.63) is 58.7 Å². The van der Waals surface area contributed by atoms with Crippen LogP contribution in [0.25, 0.3) is 11.4 Å². The van der Waals surface area contributed by atoms with Gasteiger partial charge in [-0.2, -0.15) is 0 Å². The summed E-state index contributed by atoms with van der Waals surface area (Å²) >= 11 is 0. The van der Waals surface area contributed by atoms with Gasteiger partial charge < -0.3 is 15.1 Å². The maximum absolute atomic E-state index is 13.0. The molecule has 0 saturated carbocycles. The van der Waals surface area contributed by atoms with Crippen molar-refractivity contribution in [3.63, 3.8) is 0 Å². The molecular weight excluding hydrogens is 428 g/mol. The fourth-order valence-electron chi connectivity index (χ4n) is 3.16. The number of nitrogens with zero attached hydrogens (tertiary/aromatic N) is 4. The van der Waals surface area contributed by atoms with E-state index in [0.717, 1.165) is 4.57 Å². The molecule has 1 unspecified atom stereocenters. The maximum Gasteiger partial charge on any atom is 0.286 e. The van der Waals surface area contributed by atoms with E-state index in [0.29, 0.717) is 5.56 Å². The van der Waals surface area contributed by atoms with Crippen LogP contribution in [0.5, 0.6) is 0 Å². The number of nitrogens with one attached hydrogen (secondary N) is 2. The van der Waals surface area contributed by atoms with Crippen molar-refractivity contribution < 1.29 is 18.8 Å². The Kier molecular flexibility index (Phi) is 7.11. The van der Waals surface area contributed by atoms with E-state index in [-0.39, 0.29) is 29.2 Å². The van der Waals surface area contributed by atoms with Crippen LogP contribution in [-0.2, 0) is 16.1 Å². The highest BCUT2D eigenvalue weighted by Gasteiger charge is 2.29. The first-order valence-electron chi connectivity index (χ1n) is 10.2. The number of hydrogen-bond acceptors (Lipinski definition) is 8. The Morgan fingerprint density at radius 1 is 1.12 bits per heavy atom. The number of benzene rings is 1. The van der Waals surface area contributed by atoms with Crippen LogP contribution in [0.1, 0.15) is 37.3 Å². The number of anilines is 1. The van der Waals surface area contributed by atoms with E-state index in [1.165, 1.54) is 13.1 Å². The number of aryl methyl sites for hydroxylation is 1. The SMILES string of the molecule is CC(=O)Nc1cnc(-c2ccccc2)n(CC(=O)NC(C(=O)c2nnc(C)o2)C(C)C)c1=O. The van der Waals surface area contributed by atoms with Crippen LogP contribution in [0.3, 0.4) is 0 Å². The van der Waals surface area contributed by atoms with Crippen LogP contribution in [0.2, 0.25) is 0 Å². The van der Waals surface area contributed by atoms with E-state index in [2.05, 4.69) is 25.8 Å². The average Bonchev–Trinajstić information content (AvgIpc) is 3.21. The molecule has 0 radical (unpaired) electrons. The lowest BCUT2D eigenvalue weighted by Gasteiger charge is -2.20. The minimum absolute atomic E-state index is 0.0622. The second-order valence-corrected chi connectivity index (χ2v) is 7.71. The van der Waals surface area contributed by atoms with Crippen LogP contribution < -0.4 is 16.2 Å². The van der Waals surface area contributed by atoms with Gasteiger partial charge in [-0.15, -0.1) is 10.2 Å². The van der Waals surface area contributed by atoms with Crippen LogP contribution >= 0.6 is 0 Å². The molecule has 172 valence electrons. The number of rotatable bonds is 8. The molecule has 0 saturated heterocycles. The third kappa shape index (κ3) is 5.56. The number of ketones is 1. The van der Waals surface area contributed by atoms with Gasteiger partial charge in [-0.05, 0) is 5.92 Å². The number of Topliss-reactive ketones (excluding diaryl/α,β-unsaturated/α-hetero) is 1. The van der Waals surface area contributed by atoms with Crippen molar-refractivity contribution in [2.24, 2.45) is 5.92 Å². The normalized spacial score (nSPS) is 11.8. The lowest BCUT2D eigenvalue weighted by Crippen LogP contribution is -2.46. The summed E-state index contributed by atoms with van der Waals surface area (Å²) in [5, 5.41) is 12.4. The summed E-state index contributed by atoms with van der Waals surface area (Å²) in [6.07, 6.45) is 1.25. The van der Waals surface area contributed by atoms with Crippen molar-refractivity contribution in [2.75, 3.05) is 5.32 Å². The largest absolute Gasteiger partial charge is 0.419 e. The zero-order valence-electron chi connectivity index (χ0n) is 18.7. The van der Waals surface area contributed by atoms with Gasteiger partial charge in [0.25, 0.3) is 11.4 Å². The van der Waals surface area contributed by atoms with E-state index in [1.807, 2.05) is 6.07 Å². The van der Waals surface area contributed by atoms with Gasteiger partial charge >= 0.3 is 0 Å². The summed E-state index contributed by atoms with van der Waals surface area (Å²) < 4.78 is 6.34. The van der Waals surface area contributed by atoms with Gasteiger partial charge in [0, 0.05) is 19.4 Å². The van der Waals surface area contributed by atoms with Crippen molar-refractivity contribution in [3.8, 4) is 11.4 Å². The third-order valence-electron chi connectivity index (χ3n) is 4.69. The molecule has 0 bridgehead atoms. The summed E-state index contributed by atoms with van der Waals surface area (Å²) in [7, 11) is 0. The van der Waals surface area contributed by atoms with Crippen LogP contribution in [-0.4, -0.2) is 43.4 Å². The molecule has 2 heterocycles. The highest BCUT2D eigenvalue weighted by atomic mass is 16.4. The highest BCUT2D eigenvalue weighted by Crippen LogP contribution is 2.16. The fourth-order valence-corrected chi connectivity index (χ4v) is 3.16. The molecule has 3 rings (SSSR count). The van der Waals surface area contributed by atoms with Gasteiger partial charge in [-0.1, -0.05) is 44.2 Å². The Morgan fingerprint density at radius 2 is 1.82 bits per heavy atom. The van der Waals surface area contributed by atoms with E-state index >= 15 is 0 Å². The topological polar surface area (TPSA) is 149 Å². The van der Waals surface area contributed by atoms with Crippen LogP contribution in [0, 0.1) is 12.8 Å². The predicted octanol–water partition coefficient (Wildman–Crippen LogP) is 1.58. The highest BCUT2D eigenvalue weighted by molar-refractivity contribution is 5.98. The van der Waals surface area contributed by atoms with Crippen LogP contribution in [0.15, 0.2) is 45.7 Å². The molecule has 1 atom stereocenters. The number of hydrogen-bond donors (Lipinski definition) is 2. The fraction of sp³-hybridized carbons (Fsp3) is 0.318. The molecule has 0 aliphatic rings. The number of carbonyl (C=O) groups excluding carboxylic acids is 3. The van der Waals surface area contributed by atoms with E-state index < -0.39 is 35.7 Å². The zero-order chi connectivity index (χ0) is 24.1. The van der Waals surface area contributed by atoms with Crippen molar-refractivity contribution in [2.45, 2.75) is 40.3 Å². The van der Waals surface area contributed by atoms with Gasteiger partial charge in [0.1, 0.15) is 18.1 Å². The second-order valence-electron chi connectivity index (χ2n) is 7.71. The number of aromatic nitrogens is 4. The molecular formula is C22H24N6O5. The van der Waals surface area contributed by atoms with Gasteiger partial charge in [-0.25, -0.2) is 4.98 Å². The van der Waals surface area contributed by atoms with Gasteiger partial charge in [0.2, 0.25) is 23.5 Å². The Balaban J connectivity index is 1.93. The molecule has 0 fully saturated rings. The zero-order valence-corrected chi connectivity index (χ0v) is 18.7. The Labute approximate surface area is 189 Å². The maximum atomic E-state index is 13.0. The first kappa shape index (κ1) is 23.5. The minimum Gasteiger partial charge on any atom is -0.419 e. The number of carbonyl (C=O) groups is 3. The first-order chi connectivity index (χ1) is 15.7. The van der Waals surface area contributed by atoms with Crippen molar-refractivity contribution >= 4 is 23.3 Å². The molecule has 2 amide bonds. The molecule has 11 heteroatoms. The number of amides is 2. The summed E-state index contributed by atoms with van der Waals surface area (Å²) in [4.78, 5) is 54.5. The molecule has 33 heavy (non-hydrogen) atoms. The molecule has 2 N–H and O–H groups in total. The Hall–Kier alpha value is -4.15. The first-order valence-corrected chi connectivity index (χ1v) is 10.2. The van der Waals surface area contributed by atoms with Gasteiger partial charge in [0.05, 0.1) is 12.2 Å². The van der Waals surface area contributed by atoms with E-state index in [1.54, 1.807) is 45.0 Å². The molecule has 11 nitrogen and oxygen atoms in total. The van der Waals surface area contributed by atoms with Crippen molar-refractivity contribution in [1.82, 2.24) is 25.1 Å². The molecule has 2 aromatic heterocycles. The summed E-state index contributed by atoms with van der Waals surface area (Å²) in [6.45, 7) is 5.90. The quantitative estimate of drug-likeness (QED) is 0.489. The lowest BCUT2D eigenvalue weighted by atomic mass is 9.99. The van der Waals surface area contributed by atoms with E-state index in [9.17, 15) is 19.2 Å². The summed E-state index contributed by atoms with van der Waals surface area (Å²) in [5.74, 6) is -1.60. The smallest absolute Gasteiger partial charge is 0.286 e. The average molecular weight is 452 g/mol. The standard InChI is InChI=1S/C22H24N6O5/c1-12(2)18(19(31)21-27-26-14(4)33-21)25-17(30)11-28-20(15-8-6-5-7-9-15)23-10-16(22(28)32)24-13(3)29/h5-10,12,18H,11H2,1-4H3,(H,24,29)(H,25,30).